The van der Waals surface area contributed by atoms with E-state index < -0.39 is 29.6 Å². The number of Topliss-reactive ketones (excluding diaryl/α,β-unsaturated/α-hetero) is 1. The standard InChI is InChI=1S/C18H20F3N3O2/c1-4-23-10(2)7-13(11(23)3)16(25)9-24-17(26)14(18(19,20)21)8-15(22-24)12-5-6-12/h7-8,12H,4-6,9H2,1-3H3. The smallest absolute Gasteiger partial charge is 0.349 e. The van der Waals surface area contributed by atoms with E-state index in [-0.39, 0.29) is 11.6 Å². The Labute approximate surface area is 148 Å². The summed E-state index contributed by atoms with van der Waals surface area (Å²) in [6, 6.07) is 2.52. The lowest BCUT2D eigenvalue weighted by molar-refractivity contribution is -0.139. The molecule has 0 spiro atoms. The maximum absolute atomic E-state index is 13.2. The van der Waals surface area contributed by atoms with Crippen LogP contribution >= 0.6 is 0 Å². The molecule has 0 unspecified atom stereocenters. The Hall–Kier alpha value is -2.38. The molecule has 1 saturated carbocycles. The highest BCUT2D eigenvalue weighted by atomic mass is 19.4. The minimum Gasteiger partial charge on any atom is -0.349 e. The molecule has 8 heteroatoms. The fourth-order valence-electron chi connectivity index (χ4n) is 3.24. The first-order valence-corrected chi connectivity index (χ1v) is 8.52. The van der Waals surface area contributed by atoms with Crippen molar-refractivity contribution in [1.29, 1.82) is 0 Å². The fraction of sp³-hybridized carbons (Fsp3) is 0.500. The summed E-state index contributed by atoms with van der Waals surface area (Å²) in [5.41, 5.74) is -0.290. The monoisotopic (exact) mass is 367 g/mol. The van der Waals surface area contributed by atoms with E-state index in [1.807, 2.05) is 18.4 Å². The maximum Gasteiger partial charge on any atom is 0.421 e. The van der Waals surface area contributed by atoms with Gasteiger partial charge in [0.2, 0.25) is 0 Å². The number of nitrogens with zero attached hydrogens (tertiary/aromatic N) is 3. The molecule has 0 N–H and O–H groups in total. The second-order valence-corrected chi connectivity index (χ2v) is 6.67. The molecule has 140 valence electrons. The van der Waals surface area contributed by atoms with Crippen molar-refractivity contribution in [2.75, 3.05) is 0 Å². The van der Waals surface area contributed by atoms with Crippen LogP contribution in [-0.2, 0) is 19.3 Å². The number of halogens is 3. The number of aryl methyl sites for hydroxylation is 1. The first-order valence-electron chi connectivity index (χ1n) is 8.52. The van der Waals surface area contributed by atoms with Crippen LogP contribution in [0.1, 0.15) is 58.7 Å². The van der Waals surface area contributed by atoms with Gasteiger partial charge in [0.05, 0.1) is 5.69 Å². The molecule has 1 aliphatic carbocycles. The zero-order valence-electron chi connectivity index (χ0n) is 14.9. The van der Waals surface area contributed by atoms with E-state index in [1.54, 1.807) is 13.0 Å². The third-order valence-corrected chi connectivity index (χ3v) is 4.78. The van der Waals surface area contributed by atoms with Crippen molar-refractivity contribution in [1.82, 2.24) is 14.3 Å². The lowest BCUT2D eigenvalue weighted by Crippen LogP contribution is -2.33. The Morgan fingerprint density at radius 2 is 1.92 bits per heavy atom. The molecule has 2 heterocycles. The second-order valence-electron chi connectivity index (χ2n) is 6.67. The number of hydrogen-bond donors (Lipinski definition) is 0. The highest BCUT2D eigenvalue weighted by Crippen LogP contribution is 2.40. The van der Waals surface area contributed by atoms with Gasteiger partial charge in [-0.25, -0.2) is 4.68 Å². The molecule has 0 saturated heterocycles. The number of aromatic nitrogens is 3. The number of ketones is 1. The van der Waals surface area contributed by atoms with Crippen LogP contribution in [0.15, 0.2) is 16.9 Å². The van der Waals surface area contributed by atoms with E-state index in [4.69, 9.17) is 0 Å². The molecule has 5 nitrogen and oxygen atoms in total. The van der Waals surface area contributed by atoms with E-state index in [9.17, 15) is 22.8 Å². The van der Waals surface area contributed by atoms with Gasteiger partial charge in [0, 0.05) is 29.4 Å². The topological polar surface area (TPSA) is 56.9 Å². The minimum atomic E-state index is -4.77. The van der Waals surface area contributed by atoms with Gasteiger partial charge in [-0.15, -0.1) is 0 Å². The summed E-state index contributed by atoms with van der Waals surface area (Å²) in [6.07, 6.45) is -3.28. The SMILES string of the molecule is CCn1c(C)cc(C(=O)Cn2nc(C3CC3)cc(C(F)(F)F)c2=O)c1C. The summed E-state index contributed by atoms with van der Waals surface area (Å²) in [6.45, 7) is 5.75. The second kappa shape index (κ2) is 6.41. The van der Waals surface area contributed by atoms with E-state index in [1.165, 1.54) is 0 Å². The van der Waals surface area contributed by atoms with E-state index in [0.29, 0.717) is 16.8 Å². The molecule has 1 aliphatic rings. The average Bonchev–Trinajstić information content (AvgIpc) is 3.34. The average molecular weight is 367 g/mol. The van der Waals surface area contributed by atoms with Gasteiger partial charge in [-0.1, -0.05) is 0 Å². The molecule has 3 rings (SSSR count). The van der Waals surface area contributed by atoms with E-state index in [2.05, 4.69) is 5.10 Å². The number of rotatable bonds is 5. The highest BCUT2D eigenvalue weighted by Gasteiger charge is 2.37. The molecule has 0 radical (unpaired) electrons. The molecule has 0 bridgehead atoms. The van der Waals surface area contributed by atoms with Gasteiger partial charge < -0.3 is 4.57 Å². The minimum absolute atomic E-state index is 0.0665. The van der Waals surface area contributed by atoms with Crippen molar-refractivity contribution in [3.8, 4) is 0 Å². The van der Waals surface area contributed by atoms with Crippen molar-refractivity contribution in [2.45, 2.75) is 58.8 Å². The summed E-state index contributed by atoms with van der Waals surface area (Å²) < 4.78 is 42.2. The first kappa shape index (κ1) is 18.4. The fourth-order valence-corrected chi connectivity index (χ4v) is 3.24. The largest absolute Gasteiger partial charge is 0.421 e. The Morgan fingerprint density at radius 3 is 2.42 bits per heavy atom. The lowest BCUT2D eigenvalue weighted by atomic mass is 10.1. The highest BCUT2D eigenvalue weighted by molar-refractivity contribution is 5.97. The molecule has 0 amide bonds. The quantitative estimate of drug-likeness (QED) is 0.761. The third-order valence-electron chi connectivity index (χ3n) is 4.78. The van der Waals surface area contributed by atoms with Crippen LogP contribution in [0.4, 0.5) is 13.2 Å². The third kappa shape index (κ3) is 3.32. The Morgan fingerprint density at radius 1 is 1.27 bits per heavy atom. The van der Waals surface area contributed by atoms with Crippen LogP contribution in [-0.4, -0.2) is 20.1 Å². The number of carbonyl (C=O) groups is 1. The van der Waals surface area contributed by atoms with Gasteiger partial charge in [-0.2, -0.15) is 18.3 Å². The van der Waals surface area contributed by atoms with Crippen molar-refractivity contribution in [3.63, 3.8) is 0 Å². The maximum atomic E-state index is 13.2. The molecular weight excluding hydrogens is 347 g/mol. The molecular formula is C18H20F3N3O2. The van der Waals surface area contributed by atoms with Crippen LogP contribution in [0.3, 0.4) is 0 Å². The van der Waals surface area contributed by atoms with Gasteiger partial charge >= 0.3 is 6.18 Å². The van der Waals surface area contributed by atoms with Crippen molar-refractivity contribution in [2.24, 2.45) is 0 Å². The molecule has 2 aromatic rings. The molecule has 0 atom stereocenters. The number of carbonyl (C=O) groups excluding carboxylic acids is 1. The van der Waals surface area contributed by atoms with Gasteiger partial charge in [0.1, 0.15) is 12.1 Å². The molecule has 1 fully saturated rings. The van der Waals surface area contributed by atoms with Gasteiger partial charge in [-0.3, -0.25) is 9.59 Å². The summed E-state index contributed by atoms with van der Waals surface area (Å²) >= 11 is 0. The van der Waals surface area contributed by atoms with Crippen LogP contribution in [0, 0.1) is 13.8 Å². The van der Waals surface area contributed by atoms with Gasteiger partial charge in [0.25, 0.3) is 5.56 Å². The Bertz CT molecular complexity index is 921. The predicted molar refractivity (Wildman–Crippen MR) is 89.4 cm³/mol. The van der Waals surface area contributed by atoms with Crippen LogP contribution in [0.5, 0.6) is 0 Å². The molecule has 26 heavy (non-hydrogen) atoms. The lowest BCUT2D eigenvalue weighted by Gasteiger charge is -2.12. The zero-order valence-corrected chi connectivity index (χ0v) is 14.9. The summed E-state index contributed by atoms with van der Waals surface area (Å²) in [5.74, 6) is -0.489. The van der Waals surface area contributed by atoms with E-state index in [0.717, 1.165) is 30.3 Å². The van der Waals surface area contributed by atoms with Crippen molar-refractivity contribution in [3.05, 3.63) is 50.7 Å². The number of alkyl halides is 3. The van der Waals surface area contributed by atoms with Crippen molar-refractivity contribution < 1.29 is 18.0 Å². The van der Waals surface area contributed by atoms with Gasteiger partial charge in [0.15, 0.2) is 5.78 Å². The molecule has 0 aromatic carbocycles. The Kier molecular flexibility index (Phi) is 4.54. The zero-order chi connectivity index (χ0) is 19.2. The summed E-state index contributed by atoms with van der Waals surface area (Å²) in [7, 11) is 0. The van der Waals surface area contributed by atoms with Gasteiger partial charge in [-0.05, 0) is 45.7 Å². The molecule has 0 aliphatic heterocycles. The van der Waals surface area contributed by atoms with Crippen LogP contribution in [0.2, 0.25) is 0 Å². The predicted octanol–water partition coefficient (Wildman–Crippen LogP) is 3.46. The Balaban J connectivity index is 2.00. The van der Waals surface area contributed by atoms with Crippen LogP contribution < -0.4 is 5.56 Å². The first-order chi connectivity index (χ1) is 12.1. The number of hydrogen-bond acceptors (Lipinski definition) is 3. The molecule has 2 aromatic heterocycles. The normalized spacial score (nSPS) is 14.7. The van der Waals surface area contributed by atoms with Crippen molar-refractivity contribution >= 4 is 5.78 Å². The summed E-state index contributed by atoms with van der Waals surface area (Å²) in [5, 5.41) is 4.03. The van der Waals surface area contributed by atoms with E-state index >= 15 is 0 Å². The summed E-state index contributed by atoms with van der Waals surface area (Å²) in [4.78, 5) is 24.8. The van der Waals surface area contributed by atoms with Crippen LogP contribution in [0.25, 0.3) is 0 Å².